The number of benzene rings is 8. The maximum Gasteiger partial charge on any atom is 0.673 e. The molecule has 0 aliphatic heterocycles. The van der Waals surface area contributed by atoms with Gasteiger partial charge in [0, 0.05) is 63.2 Å². The zero-order valence-corrected chi connectivity index (χ0v) is 37.4. The standard InChI is InChI=1S/C44H34N2P2.C8H12.BF4.Rh/c1-5-19-35(20-6-1)47(36-21-7-2-8-22-36)45-41-31-29-33-17-13-15-27-39(33)43(41)44-40-28-16-14-18-34(40)30-32-42(44)46-48(37-23-9-3-10-24-37)38-25-11-4-12-26-38;1-2-4-6-8-7-5-3-1;2-1(3,4)5;/h1-32,45-46H;1-2,7-8H,3-6H2;;/q;;-1;. The summed E-state index contributed by atoms with van der Waals surface area (Å²) in [4.78, 5) is 0. The Morgan fingerprint density at radius 3 is 0.887 bits per heavy atom. The third-order valence-corrected chi connectivity index (χ3v) is 14.2. The normalized spacial score (nSPS) is 12.8. The number of nitrogens with one attached hydrogen (secondary N) is 2. The smallest absolute Gasteiger partial charge is 0.418 e. The van der Waals surface area contributed by atoms with Crippen molar-refractivity contribution < 1.29 is 36.7 Å². The first-order chi connectivity index (χ1) is 29.8. The van der Waals surface area contributed by atoms with Crippen LogP contribution in [0.2, 0.25) is 0 Å². The minimum Gasteiger partial charge on any atom is -0.418 e. The zero-order chi connectivity index (χ0) is 42.3. The Morgan fingerprint density at radius 2 is 0.597 bits per heavy atom. The van der Waals surface area contributed by atoms with Gasteiger partial charge in [0.1, 0.15) is 0 Å². The Labute approximate surface area is 379 Å². The maximum absolute atomic E-state index is 9.75. The summed E-state index contributed by atoms with van der Waals surface area (Å²) in [6.45, 7) is 0. The van der Waals surface area contributed by atoms with Crippen LogP contribution < -0.4 is 31.4 Å². The van der Waals surface area contributed by atoms with Gasteiger partial charge in [-0.15, -0.1) is 0 Å². The Bertz CT molecular complexity index is 2290. The van der Waals surface area contributed by atoms with E-state index in [9.17, 15) is 17.3 Å². The molecule has 8 aromatic rings. The van der Waals surface area contributed by atoms with Crippen LogP contribution in [0.15, 0.2) is 194 Å². The number of halogens is 4. The van der Waals surface area contributed by atoms with Crippen LogP contribution in [0.4, 0.5) is 28.6 Å². The molecule has 0 aromatic heterocycles. The molecule has 2 nitrogen and oxygen atoms in total. The van der Waals surface area contributed by atoms with E-state index < -0.39 is 23.4 Å². The fourth-order valence-corrected chi connectivity index (χ4v) is 11.1. The molecule has 315 valence electrons. The van der Waals surface area contributed by atoms with Gasteiger partial charge in [0.05, 0.1) is 16.1 Å². The molecule has 1 aliphatic carbocycles. The molecular formula is C52H46BF4N2P2Rh-. The molecule has 0 amide bonds. The van der Waals surface area contributed by atoms with E-state index in [4.69, 9.17) is 0 Å². The summed E-state index contributed by atoms with van der Waals surface area (Å²) in [5.41, 5.74) is 4.66. The van der Waals surface area contributed by atoms with Crippen LogP contribution in [0.1, 0.15) is 25.7 Å². The van der Waals surface area contributed by atoms with E-state index in [0.717, 1.165) is 11.4 Å². The van der Waals surface area contributed by atoms with Crippen LogP contribution in [-0.4, -0.2) is 7.25 Å². The van der Waals surface area contributed by atoms with E-state index in [1.807, 2.05) is 0 Å². The van der Waals surface area contributed by atoms with Crippen molar-refractivity contribution in [2.75, 3.05) is 10.2 Å². The van der Waals surface area contributed by atoms with Crippen molar-refractivity contribution in [1.29, 1.82) is 0 Å². The third-order valence-electron chi connectivity index (χ3n) is 9.96. The SMILES string of the molecule is F[B-](F)(F)F.[CH]1[CH]CC[CH][CH]CC1.[Rh].c1ccc(P(Nc2ccc3ccccc3c2-c2c(NP(c3ccccc3)c3ccccc3)ccc3ccccc23)c2ccccc2)cc1. The Hall–Kier alpha value is -4.85. The topological polar surface area (TPSA) is 24.1 Å². The summed E-state index contributed by atoms with van der Waals surface area (Å²) >= 11 is 0. The fourth-order valence-electron chi connectivity index (χ4n) is 7.23. The van der Waals surface area contributed by atoms with Crippen molar-refractivity contribution in [1.82, 2.24) is 0 Å². The predicted molar refractivity (Wildman–Crippen MR) is 258 cm³/mol. The summed E-state index contributed by atoms with van der Waals surface area (Å²) in [5, 5.41) is 18.3. The first-order valence-corrected chi connectivity index (χ1v) is 23.1. The van der Waals surface area contributed by atoms with Gasteiger partial charge in [0.15, 0.2) is 0 Å². The first-order valence-electron chi connectivity index (χ1n) is 20.4. The van der Waals surface area contributed by atoms with Gasteiger partial charge < -0.3 is 27.4 Å². The quantitative estimate of drug-likeness (QED) is 0.0856. The first kappa shape index (κ1) is 46.6. The second-order valence-electron chi connectivity index (χ2n) is 14.2. The molecule has 9 rings (SSSR count). The molecule has 0 unspecified atom stereocenters. The number of anilines is 2. The summed E-state index contributed by atoms with van der Waals surface area (Å²) in [7, 11) is -7.79. The van der Waals surface area contributed by atoms with Gasteiger partial charge in [-0.2, -0.15) is 0 Å². The predicted octanol–water partition coefficient (Wildman–Crippen LogP) is 14.3. The van der Waals surface area contributed by atoms with Crippen LogP contribution >= 0.6 is 16.1 Å². The monoisotopic (exact) mass is 950 g/mol. The summed E-state index contributed by atoms with van der Waals surface area (Å²) < 4.78 is 39.0. The molecule has 5 radical (unpaired) electrons. The molecule has 8 aromatic carbocycles. The second kappa shape index (κ2) is 23.6. The third kappa shape index (κ3) is 13.1. The molecule has 0 spiro atoms. The zero-order valence-electron chi connectivity index (χ0n) is 33.9. The van der Waals surface area contributed by atoms with Crippen LogP contribution in [0.3, 0.4) is 0 Å². The van der Waals surface area contributed by atoms with Crippen molar-refractivity contribution in [3.8, 4) is 11.1 Å². The van der Waals surface area contributed by atoms with E-state index in [1.54, 1.807) is 0 Å². The second-order valence-corrected chi connectivity index (χ2v) is 18.1. The number of rotatable bonds is 9. The fraction of sp³-hybridized carbons (Fsp3) is 0.0769. The van der Waals surface area contributed by atoms with Crippen molar-refractivity contribution in [3.63, 3.8) is 0 Å². The minimum absolute atomic E-state index is 0. The van der Waals surface area contributed by atoms with E-state index in [1.165, 1.54) is 79.6 Å². The van der Waals surface area contributed by atoms with E-state index in [2.05, 4.69) is 230 Å². The Morgan fingerprint density at radius 1 is 0.339 bits per heavy atom. The van der Waals surface area contributed by atoms with Crippen LogP contribution in [0, 0.1) is 25.7 Å². The summed E-state index contributed by atoms with van der Waals surface area (Å²) in [6, 6.07) is 70.0. The van der Waals surface area contributed by atoms with Gasteiger partial charge in [0.25, 0.3) is 0 Å². The molecule has 0 saturated heterocycles. The maximum atomic E-state index is 9.75. The summed E-state index contributed by atoms with van der Waals surface area (Å²) in [5.74, 6) is 0. The number of hydrogen-bond donors (Lipinski definition) is 2. The molecule has 1 saturated carbocycles. The Balaban J connectivity index is 0.000000397. The molecule has 0 bridgehead atoms. The van der Waals surface area contributed by atoms with Crippen molar-refractivity contribution in [2.45, 2.75) is 25.7 Å². The molecule has 0 atom stereocenters. The minimum atomic E-state index is -6.00. The van der Waals surface area contributed by atoms with Crippen molar-refractivity contribution >= 4 is 77.5 Å². The van der Waals surface area contributed by atoms with Gasteiger partial charge >= 0.3 is 7.25 Å². The molecule has 2 N–H and O–H groups in total. The van der Waals surface area contributed by atoms with Gasteiger partial charge in [-0.1, -0.05) is 182 Å². The molecular weight excluding hydrogens is 904 g/mol. The molecule has 1 aliphatic rings. The van der Waals surface area contributed by atoms with Gasteiger partial charge in [0.2, 0.25) is 0 Å². The van der Waals surface area contributed by atoms with E-state index in [-0.39, 0.29) is 19.5 Å². The average molecular weight is 951 g/mol. The molecule has 1 fully saturated rings. The van der Waals surface area contributed by atoms with E-state index >= 15 is 0 Å². The molecule has 0 heterocycles. The summed E-state index contributed by atoms with van der Waals surface area (Å²) in [6.07, 6.45) is 14.0. The van der Waals surface area contributed by atoms with Crippen LogP contribution in [0.5, 0.6) is 0 Å². The van der Waals surface area contributed by atoms with E-state index in [0.29, 0.717) is 0 Å². The largest absolute Gasteiger partial charge is 0.673 e. The Kier molecular flexibility index (Phi) is 17.7. The van der Waals surface area contributed by atoms with Crippen LogP contribution in [-0.2, 0) is 19.5 Å². The van der Waals surface area contributed by atoms with Crippen LogP contribution in [0.25, 0.3) is 32.7 Å². The van der Waals surface area contributed by atoms with Gasteiger partial charge in [-0.3, -0.25) is 0 Å². The number of fused-ring (bicyclic) bond motifs is 2. The van der Waals surface area contributed by atoms with Gasteiger partial charge in [-0.05, 0) is 85.0 Å². The average Bonchev–Trinajstić information content (AvgIpc) is 3.28. The van der Waals surface area contributed by atoms with Gasteiger partial charge in [-0.25, -0.2) is 0 Å². The number of hydrogen-bond acceptors (Lipinski definition) is 2. The van der Waals surface area contributed by atoms with Crippen molar-refractivity contribution in [3.05, 3.63) is 220 Å². The molecule has 62 heavy (non-hydrogen) atoms. The molecule has 10 heteroatoms. The van der Waals surface area contributed by atoms with Crippen molar-refractivity contribution in [2.24, 2.45) is 0 Å².